The molecule has 1 heterocycles. The minimum atomic E-state index is -0.777. The maximum absolute atomic E-state index is 10.8. The van der Waals surface area contributed by atoms with Crippen molar-refractivity contribution in [3.8, 4) is 0 Å². The molecule has 19 heavy (non-hydrogen) atoms. The van der Waals surface area contributed by atoms with Crippen LogP contribution in [0.4, 0.5) is 10.5 Å². The molecule has 1 aliphatic rings. The van der Waals surface area contributed by atoms with Gasteiger partial charge in [-0.25, -0.2) is 4.79 Å². The Morgan fingerprint density at radius 1 is 1.26 bits per heavy atom. The monoisotopic (exact) mass is 262 g/mol. The molecule has 0 radical (unpaired) electrons. The van der Waals surface area contributed by atoms with Gasteiger partial charge in [-0.3, -0.25) is 0 Å². The van der Waals surface area contributed by atoms with E-state index in [-0.39, 0.29) is 0 Å². The van der Waals surface area contributed by atoms with Gasteiger partial charge >= 0.3 is 6.09 Å². The first-order chi connectivity index (χ1) is 9.15. The van der Waals surface area contributed by atoms with Gasteiger partial charge in [0, 0.05) is 18.8 Å². The molecule has 1 fully saturated rings. The van der Waals surface area contributed by atoms with E-state index in [1.165, 1.54) is 23.3 Å². The van der Waals surface area contributed by atoms with Crippen molar-refractivity contribution in [2.24, 2.45) is 5.92 Å². The molecule has 0 unspecified atom stereocenters. The summed E-state index contributed by atoms with van der Waals surface area (Å²) in [7, 11) is 0. The van der Waals surface area contributed by atoms with Gasteiger partial charge in [-0.15, -0.1) is 0 Å². The number of rotatable bonds is 4. The van der Waals surface area contributed by atoms with E-state index in [2.05, 4.69) is 12.1 Å². The van der Waals surface area contributed by atoms with Crippen LogP contribution < -0.4 is 5.73 Å². The third-order valence-corrected chi connectivity index (χ3v) is 3.94. The predicted molar refractivity (Wildman–Crippen MR) is 76.1 cm³/mol. The van der Waals surface area contributed by atoms with Crippen molar-refractivity contribution in [2.75, 3.05) is 18.8 Å². The van der Waals surface area contributed by atoms with E-state index in [1.54, 1.807) is 0 Å². The number of hydrogen-bond acceptors (Lipinski definition) is 2. The molecule has 0 saturated carbocycles. The summed E-state index contributed by atoms with van der Waals surface area (Å²) in [4.78, 5) is 12.3. The molecule has 0 atom stereocenters. The van der Waals surface area contributed by atoms with E-state index in [1.807, 2.05) is 12.1 Å². The van der Waals surface area contributed by atoms with Crippen LogP contribution in [0.2, 0.25) is 0 Å². The number of piperidine rings is 1. The van der Waals surface area contributed by atoms with Crippen LogP contribution in [0.5, 0.6) is 0 Å². The van der Waals surface area contributed by atoms with Gasteiger partial charge in [0.15, 0.2) is 0 Å². The summed E-state index contributed by atoms with van der Waals surface area (Å²) in [5, 5.41) is 8.89. The number of carbonyl (C=O) groups is 1. The Kier molecular flexibility index (Phi) is 4.66. The topological polar surface area (TPSA) is 66.6 Å². The molecular weight excluding hydrogens is 240 g/mol. The lowest BCUT2D eigenvalue weighted by molar-refractivity contribution is 0.123. The first-order valence-corrected chi connectivity index (χ1v) is 6.97. The highest BCUT2D eigenvalue weighted by Crippen LogP contribution is 2.23. The van der Waals surface area contributed by atoms with Crippen LogP contribution >= 0.6 is 0 Å². The van der Waals surface area contributed by atoms with Crippen LogP contribution in [0.25, 0.3) is 0 Å². The Morgan fingerprint density at radius 3 is 2.47 bits per heavy atom. The molecule has 4 heteroatoms. The van der Waals surface area contributed by atoms with Crippen LogP contribution in [0.15, 0.2) is 24.3 Å². The zero-order chi connectivity index (χ0) is 13.7. The Bertz CT molecular complexity index is 409. The lowest BCUT2D eigenvalue weighted by Gasteiger charge is -2.29. The number of nitrogen functional groups attached to an aromatic ring is 1. The number of carboxylic acid groups (broad SMARTS) is 1. The van der Waals surface area contributed by atoms with Crippen LogP contribution in [-0.4, -0.2) is 29.2 Å². The fourth-order valence-electron chi connectivity index (χ4n) is 2.69. The van der Waals surface area contributed by atoms with Crippen LogP contribution in [-0.2, 0) is 6.42 Å². The number of aryl methyl sites for hydroxylation is 1. The maximum atomic E-state index is 10.8. The highest BCUT2D eigenvalue weighted by molar-refractivity contribution is 5.64. The quantitative estimate of drug-likeness (QED) is 0.820. The van der Waals surface area contributed by atoms with Crippen molar-refractivity contribution in [3.05, 3.63) is 29.8 Å². The number of amides is 1. The van der Waals surface area contributed by atoms with E-state index < -0.39 is 6.09 Å². The standard InChI is InChI=1S/C15H22N2O2/c16-14-6-4-12(5-7-14)2-1-3-13-8-10-17(11-9-13)15(18)19/h4-7,13H,1-3,8-11,16H2,(H,18,19). The average molecular weight is 262 g/mol. The third kappa shape index (κ3) is 4.16. The molecule has 0 aliphatic carbocycles. The number of nitrogens with two attached hydrogens (primary N) is 1. The lowest BCUT2D eigenvalue weighted by Crippen LogP contribution is -2.37. The molecule has 1 amide bonds. The minimum Gasteiger partial charge on any atom is -0.465 e. The maximum Gasteiger partial charge on any atom is 0.407 e. The highest BCUT2D eigenvalue weighted by Gasteiger charge is 2.21. The van der Waals surface area contributed by atoms with E-state index in [4.69, 9.17) is 10.8 Å². The van der Waals surface area contributed by atoms with Crippen molar-refractivity contribution < 1.29 is 9.90 Å². The van der Waals surface area contributed by atoms with Crippen molar-refractivity contribution >= 4 is 11.8 Å². The number of likely N-dealkylation sites (tertiary alicyclic amines) is 1. The van der Waals surface area contributed by atoms with Crippen LogP contribution in [0.3, 0.4) is 0 Å². The molecular formula is C15H22N2O2. The van der Waals surface area contributed by atoms with Crippen molar-refractivity contribution in [2.45, 2.75) is 32.1 Å². The third-order valence-electron chi connectivity index (χ3n) is 3.94. The fourth-order valence-corrected chi connectivity index (χ4v) is 2.69. The van der Waals surface area contributed by atoms with Gasteiger partial charge < -0.3 is 15.7 Å². The molecule has 4 nitrogen and oxygen atoms in total. The second kappa shape index (κ2) is 6.45. The summed E-state index contributed by atoms with van der Waals surface area (Å²) >= 11 is 0. The molecule has 0 aromatic heterocycles. The van der Waals surface area contributed by atoms with E-state index >= 15 is 0 Å². The second-order valence-electron chi connectivity index (χ2n) is 5.35. The Labute approximate surface area is 114 Å². The molecule has 1 aromatic carbocycles. The van der Waals surface area contributed by atoms with Gasteiger partial charge in [0.1, 0.15) is 0 Å². The summed E-state index contributed by atoms with van der Waals surface area (Å²) in [6.45, 7) is 1.39. The Hall–Kier alpha value is -1.71. The zero-order valence-electron chi connectivity index (χ0n) is 11.2. The number of benzene rings is 1. The molecule has 0 bridgehead atoms. The van der Waals surface area contributed by atoms with E-state index in [0.29, 0.717) is 19.0 Å². The summed E-state index contributed by atoms with van der Waals surface area (Å²) in [5.41, 5.74) is 7.80. The van der Waals surface area contributed by atoms with Crippen LogP contribution in [0, 0.1) is 5.92 Å². The van der Waals surface area contributed by atoms with E-state index in [9.17, 15) is 4.79 Å². The van der Waals surface area contributed by atoms with Gasteiger partial charge in [0.2, 0.25) is 0 Å². The summed E-state index contributed by atoms with van der Waals surface area (Å²) < 4.78 is 0. The van der Waals surface area contributed by atoms with Crippen molar-refractivity contribution in [1.82, 2.24) is 4.90 Å². The SMILES string of the molecule is Nc1ccc(CCCC2CCN(C(=O)O)CC2)cc1. The number of anilines is 1. The second-order valence-corrected chi connectivity index (χ2v) is 5.35. The van der Waals surface area contributed by atoms with E-state index in [0.717, 1.165) is 24.9 Å². The molecule has 1 aromatic rings. The summed E-state index contributed by atoms with van der Waals surface area (Å²) in [6.07, 6.45) is 4.68. The first kappa shape index (κ1) is 13.7. The molecule has 1 saturated heterocycles. The fraction of sp³-hybridized carbons (Fsp3) is 0.533. The highest BCUT2D eigenvalue weighted by atomic mass is 16.4. The molecule has 2 rings (SSSR count). The molecule has 3 N–H and O–H groups in total. The normalized spacial score (nSPS) is 16.5. The van der Waals surface area contributed by atoms with Gasteiger partial charge in [0.25, 0.3) is 0 Å². The van der Waals surface area contributed by atoms with Gasteiger partial charge in [-0.05, 0) is 55.7 Å². The zero-order valence-corrected chi connectivity index (χ0v) is 11.2. The predicted octanol–water partition coefficient (Wildman–Crippen LogP) is 2.98. The Balaban J connectivity index is 1.67. The van der Waals surface area contributed by atoms with Crippen molar-refractivity contribution in [1.29, 1.82) is 0 Å². The smallest absolute Gasteiger partial charge is 0.407 e. The summed E-state index contributed by atoms with van der Waals surface area (Å²) in [6, 6.07) is 8.06. The molecule has 0 spiro atoms. The minimum absolute atomic E-state index is 0.685. The summed E-state index contributed by atoms with van der Waals surface area (Å²) in [5.74, 6) is 0.685. The van der Waals surface area contributed by atoms with Crippen molar-refractivity contribution in [3.63, 3.8) is 0 Å². The van der Waals surface area contributed by atoms with Gasteiger partial charge in [-0.1, -0.05) is 12.1 Å². The first-order valence-electron chi connectivity index (χ1n) is 6.97. The number of hydrogen-bond donors (Lipinski definition) is 2. The Morgan fingerprint density at radius 2 is 1.89 bits per heavy atom. The largest absolute Gasteiger partial charge is 0.465 e. The molecule has 104 valence electrons. The average Bonchev–Trinajstić information content (AvgIpc) is 2.41. The van der Waals surface area contributed by atoms with Gasteiger partial charge in [0.05, 0.1) is 0 Å². The molecule has 1 aliphatic heterocycles. The van der Waals surface area contributed by atoms with Crippen LogP contribution in [0.1, 0.15) is 31.2 Å². The van der Waals surface area contributed by atoms with Gasteiger partial charge in [-0.2, -0.15) is 0 Å². The lowest BCUT2D eigenvalue weighted by atomic mass is 9.91. The number of nitrogens with zero attached hydrogens (tertiary/aromatic N) is 1.